The van der Waals surface area contributed by atoms with Gasteiger partial charge in [0, 0.05) is 45.3 Å². The van der Waals surface area contributed by atoms with Crippen molar-refractivity contribution in [3.8, 4) is 0 Å². The Morgan fingerprint density at radius 3 is 2.72 bits per heavy atom. The van der Waals surface area contributed by atoms with Gasteiger partial charge in [0.1, 0.15) is 0 Å². The minimum Gasteiger partial charge on any atom is -0.353 e. The van der Waals surface area contributed by atoms with Gasteiger partial charge in [-0.3, -0.25) is 19.3 Å². The molecule has 0 aliphatic carbocycles. The van der Waals surface area contributed by atoms with Crippen molar-refractivity contribution in [2.75, 3.05) is 39.3 Å². The largest absolute Gasteiger partial charge is 0.353 e. The van der Waals surface area contributed by atoms with Crippen molar-refractivity contribution in [1.82, 2.24) is 15.1 Å². The van der Waals surface area contributed by atoms with Crippen LogP contribution < -0.4 is 5.32 Å². The van der Waals surface area contributed by atoms with E-state index in [0.717, 1.165) is 18.0 Å². The highest BCUT2D eigenvalue weighted by atomic mass is 32.1. The van der Waals surface area contributed by atoms with Crippen LogP contribution in [-0.2, 0) is 9.59 Å². The first-order valence-electron chi connectivity index (χ1n) is 8.09. The first kappa shape index (κ1) is 17.4. The predicted octanol–water partition coefficient (Wildman–Crippen LogP) is 0.539. The van der Waals surface area contributed by atoms with Crippen LogP contribution in [-0.4, -0.2) is 72.8 Å². The molecule has 0 bridgehead atoms. The molecule has 1 aromatic rings. The average Bonchev–Trinajstić information content (AvgIpc) is 3.17. The van der Waals surface area contributed by atoms with Crippen molar-refractivity contribution in [2.45, 2.75) is 6.04 Å². The maximum Gasteiger partial charge on any atom is 0.287 e. The fourth-order valence-corrected chi connectivity index (χ4v) is 3.37. The smallest absolute Gasteiger partial charge is 0.287 e. The molecule has 3 heterocycles. The third kappa shape index (κ3) is 4.58. The number of hydrogen-bond acceptors (Lipinski definition) is 6. The van der Waals surface area contributed by atoms with Gasteiger partial charge in [0.2, 0.25) is 0 Å². The maximum atomic E-state index is 12.3. The Labute approximate surface area is 149 Å². The van der Waals surface area contributed by atoms with Crippen LogP contribution in [0.15, 0.2) is 39.9 Å². The molecule has 1 saturated heterocycles. The monoisotopic (exact) mass is 361 g/mol. The Morgan fingerprint density at radius 2 is 2.08 bits per heavy atom. The average molecular weight is 361 g/mol. The second kappa shape index (κ2) is 8.13. The second-order valence-corrected chi connectivity index (χ2v) is 6.71. The summed E-state index contributed by atoms with van der Waals surface area (Å²) >= 11 is 1.46. The Morgan fingerprint density at radius 1 is 1.28 bits per heavy atom. The highest BCUT2D eigenvalue weighted by molar-refractivity contribution is 7.12. The molecular weight excluding hydrogens is 342 g/mol. The van der Waals surface area contributed by atoms with E-state index in [4.69, 9.17) is 0 Å². The zero-order valence-corrected chi connectivity index (χ0v) is 14.4. The van der Waals surface area contributed by atoms with E-state index in [1.807, 2.05) is 22.4 Å². The summed E-state index contributed by atoms with van der Waals surface area (Å²) in [5.74, 6) is -0.620. The highest BCUT2D eigenvalue weighted by Crippen LogP contribution is 2.13. The first-order chi connectivity index (χ1) is 12.1. The molecule has 2 aliphatic rings. The highest BCUT2D eigenvalue weighted by Gasteiger charge is 2.23. The van der Waals surface area contributed by atoms with Gasteiger partial charge >= 0.3 is 0 Å². The number of piperazine rings is 1. The van der Waals surface area contributed by atoms with E-state index in [-0.39, 0.29) is 11.8 Å². The molecule has 1 N–H and O–H groups in total. The number of nitrogens with zero attached hydrogens (tertiary/aromatic N) is 4. The summed E-state index contributed by atoms with van der Waals surface area (Å²) < 4.78 is 0. The molecule has 132 valence electrons. The van der Waals surface area contributed by atoms with Gasteiger partial charge < -0.3 is 10.2 Å². The second-order valence-electron chi connectivity index (χ2n) is 5.76. The number of amides is 3. The third-order valence-corrected chi connectivity index (χ3v) is 4.95. The fraction of sp³-hybridized carbons (Fsp3) is 0.438. The van der Waals surface area contributed by atoms with E-state index in [1.54, 1.807) is 0 Å². The molecule has 25 heavy (non-hydrogen) atoms. The Kier molecular flexibility index (Phi) is 5.67. The van der Waals surface area contributed by atoms with Crippen LogP contribution in [0.3, 0.4) is 0 Å². The van der Waals surface area contributed by atoms with Crippen molar-refractivity contribution >= 4 is 29.1 Å². The van der Waals surface area contributed by atoms with Gasteiger partial charge in [0.05, 0.1) is 4.88 Å². The summed E-state index contributed by atoms with van der Waals surface area (Å²) in [4.78, 5) is 39.9. The van der Waals surface area contributed by atoms with Crippen molar-refractivity contribution in [1.29, 1.82) is 0 Å². The van der Waals surface area contributed by atoms with E-state index < -0.39 is 11.9 Å². The number of nitrogens with one attached hydrogen (secondary N) is 1. The topological polar surface area (TPSA) is 94.4 Å². The molecule has 1 atom stereocenters. The summed E-state index contributed by atoms with van der Waals surface area (Å²) in [5.41, 5.74) is 0. The summed E-state index contributed by atoms with van der Waals surface area (Å²) in [6.45, 7) is 4.14. The van der Waals surface area contributed by atoms with Crippen molar-refractivity contribution < 1.29 is 14.4 Å². The lowest BCUT2D eigenvalue weighted by Crippen LogP contribution is -2.50. The molecule has 0 saturated carbocycles. The normalized spacial score (nSPS) is 20.7. The van der Waals surface area contributed by atoms with Gasteiger partial charge in [0.15, 0.2) is 6.04 Å². The first-order valence-corrected chi connectivity index (χ1v) is 8.97. The van der Waals surface area contributed by atoms with E-state index in [2.05, 4.69) is 20.4 Å². The lowest BCUT2D eigenvalue weighted by Gasteiger charge is -2.34. The van der Waals surface area contributed by atoms with Crippen molar-refractivity contribution in [3.05, 3.63) is 34.5 Å². The SMILES string of the molecule is O=C1C=CC(C(=O)NCCN2CCN(C(=O)c3cccs3)CC2)N=N1. The molecular formula is C16H19N5O3S. The quantitative estimate of drug-likeness (QED) is 0.828. The number of carbonyl (C=O) groups is 3. The Bertz CT molecular complexity index is 677. The minimum absolute atomic E-state index is 0.0898. The molecule has 3 amide bonds. The molecule has 1 fully saturated rings. The van der Waals surface area contributed by atoms with Crippen LogP contribution >= 0.6 is 11.3 Å². The number of hydrogen-bond donors (Lipinski definition) is 1. The summed E-state index contributed by atoms with van der Waals surface area (Å²) in [5, 5.41) is 11.7. The number of carbonyl (C=O) groups excluding carboxylic acids is 3. The minimum atomic E-state index is -0.724. The molecule has 2 aliphatic heterocycles. The van der Waals surface area contributed by atoms with E-state index in [0.29, 0.717) is 26.2 Å². The molecule has 0 radical (unpaired) electrons. The van der Waals surface area contributed by atoms with Crippen LogP contribution in [0.25, 0.3) is 0 Å². The van der Waals surface area contributed by atoms with Crippen LogP contribution in [0.4, 0.5) is 0 Å². The summed E-state index contributed by atoms with van der Waals surface area (Å²) in [6, 6.07) is 3.01. The Hall–Kier alpha value is -2.39. The third-order valence-electron chi connectivity index (χ3n) is 4.09. The Balaban J connectivity index is 1.36. The molecule has 1 aromatic heterocycles. The van der Waals surface area contributed by atoms with Crippen LogP contribution in [0.2, 0.25) is 0 Å². The maximum absolute atomic E-state index is 12.3. The molecule has 8 nitrogen and oxygen atoms in total. The molecule has 1 unspecified atom stereocenters. The molecule has 3 rings (SSSR count). The lowest BCUT2D eigenvalue weighted by atomic mass is 10.2. The van der Waals surface area contributed by atoms with Gasteiger partial charge in [-0.1, -0.05) is 6.07 Å². The molecule has 0 aromatic carbocycles. The summed E-state index contributed by atoms with van der Waals surface area (Å²) in [7, 11) is 0. The molecule has 0 spiro atoms. The van der Waals surface area contributed by atoms with Crippen molar-refractivity contribution in [3.63, 3.8) is 0 Å². The van der Waals surface area contributed by atoms with Crippen molar-refractivity contribution in [2.24, 2.45) is 10.2 Å². The fourth-order valence-electron chi connectivity index (χ4n) is 2.68. The number of rotatable bonds is 5. The van der Waals surface area contributed by atoms with E-state index in [1.165, 1.54) is 23.5 Å². The number of azo groups is 1. The lowest BCUT2D eigenvalue weighted by molar-refractivity contribution is -0.121. The van der Waals surface area contributed by atoms with Crippen LogP contribution in [0, 0.1) is 0 Å². The van der Waals surface area contributed by atoms with Gasteiger partial charge in [0.25, 0.3) is 17.7 Å². The van der Waals surface area contributed by atoms with Gasteiger partial charge in [-0.25, -0.2) is 0 Å². The van der Waals surface area contributed by atoms with Crippen LogP contribution in [0.1, 0.15) is 9.67 Å². The van der Waals surface area contributed by atoms with Gasteiger partial charge in [-0.2, -0.15) is 5.11 Å². The van der Waals surface area contributed by atoms with Crippen LogP contribution in [0.5, 0.6) is 0 Å². The van der Waals surface area contributed by atoms with Gasteiger partial charge in [-0.15, -0.1) is 16.5 Å². The number of thiophene rings is 1. The zero-order chi connectivity index (χ0) is 17.6. The summed E-state index contributed by atoms with van der Waals surface area (Å²) in [6.07, 6.45) is 2.70. The predicted molar refractivity (Wildman–Crippen MR) is 92.5 cm³/mol. The van der Waals surface area contributed by atoms with E-state index >= 15 is 0 Å². The molecule has 9 heteroatoms. The zero-order valence-electron chi connectivity index (χ0n) is 13.6. The standard InChI is InChI=1S/C16H19N5O3S/c22-14-4-3-12(18-19-14)15(23)17-5-6-20-7-9-21(10-8-20)16(24)13-2-1-11-25-13/h1-4,11-12H,5-10H2,(H,17,23). The van der Waals surface area contributed by atoms with Gasteiger partial charge in [-0.05, 0) is 17.5 Å². The van der Waals surface area contributed by atoms with E-state index in [9.17, 15) is 14.4 Å².